The van der Waals surface area contributed by atoms with Crippen LogP contribution in [0.2, 0.25) is 5.02 Å². The van der Waals surface area contributed by atoms with Gasteiger partial charge >= 0.3 is 0 Å². The highest BCUT2D eigenvalue weighted by Crippen LogP contribution is 2.26. The molecule has 0 spiro atoms. The smallest absolute Gasteiger partial charge is 0.257 e. The van der Waals surface area contributed by atoms with Crippen LogP contribution in [-0.2, 0) is 6.61 Å². The first-order valence-electron chi connectivity index (χ1n) is 9.62. The maximum atomic E-state index is 13.2. The fraction of sp³-hybridized carbons (Fsp3) is 0.217. The number of nitrogens with zero attached hydrogens (tertiary/aromatic N) is 3. The van der Waals surface area contributed by atoms with Crippen LogP contribution in [0.25, 0.3) is 0 Å². The van der Waals surface area contributed by atoms with Crippen molar-refractivity contribution < 1.29 is 9.53 Å². The monoisotopic (exact) mass is 407 g/mol. The van der Waals surface area contributed by atoms with Gasteiger partial charge in [0.2, 0.25) is 0 Å². The molecule has 3 aromatic rings. The van der Waals surface area contributed by atoms with Crippen LogP contribution in [-0.4, -0.2) is 42.0 Å². The number of aromatic nitrogens is 1. The number of amides is 1. The summed E-state index contributed by atoms with van der Waals surface area (Å²) in [6, 6.07) is 21.0. The fourth-order valence-corrected chi connectivity index (χ4v) is 3.55. The number of anilines is 1. The van der Waals surface area contributed by atoms with Crippen LogP contribution >= 0.6 is 11.6 Å². The molecule has 0 unspecified atom stereocenters. The van der Waals surface area contributed by atoms with Gasteiger partial charge in [0.1, 0.15) is 18.2 Å². The number of carbonyl (C=O) groups is 1. The lowest BCUT2D eigenvalue weighted by Crippen LogP contribution is -2.49. The highest BCUT2D eigenvalue weighted by Gasteiger charge is 2.25. The van der Waals surface area contributed by atoms with Gasteiger partial charge in [0.25, 0.3) is 5.91 Å². The quantitative estimate of drug-likeness (QED) is 0.633. The molecule has 29 heavy (non-hydrogen) atoms. The summed E-state index contributed by atoms with van der Waals surface area (Å²) in [7, 11) is 0. The minimum absolute atomic E-state index is 0.0590. The van der Waals surface area contributed by atoms with Gasteiger partial charge in [-0.3, -0.25) is 4.79 Å². The number of carbonyl (C=O) groups excluding carboxylic acids is 1. The second-order valence-corrected chi connectivity index (χ2v) is 7.32. The van der Waals surface area contributed by atoms with Gasteiger partial charge in [-0.25, -0.2) is 4.98 Å². The molecule has 2 heterocycles. The van der Waals surface area contributed by atoms with Gasteiger partial charge < -0.3 is 14.5 Å². The van der Waals surface area contributed by atoms with Crippen molar-refractivity contribution in [3.63, 3.8) is 0 Å². The zero-order chi connectivity index (χ0) is 20.1. The number of benzene rings is 2. The molecule has 6 heteroatoms. The Morgan fingerprint density at radius 2 is 1.72 bits per heavy atom. The van der Waals surface area contributed by atoms with E-state index in [1.54, 1.807) is 24.4 Å². The maximum absolute atomic E-state index is 13.2. The van der Waals surface area contributed by atoms with Crippen LogP contribution in [0, 0.1) is 0 Å². The summed E-state index contributed by atoms with van der Waals surface area (Å²) in [6.45, 7) is 3.13. The van der Waals surface area contributed by atoms with E-state index in [9.17, 15) is 4.79 Å². The van der Waals surface area contributed by atoms with E-state index in [2.05, 4.69) is 9.88 Å². The normalized spacial score (nSPS) is 14.0. The number of pyridine rings is 1. The van der Waals surface area contributed by atoms with Crippen LogP contribution in [0.3, 0.4) is 0 Å². The van der Waals surface area contributed by atoms with E-state index in [4.69, 9.17) is 16.3 Å². The SMILES string of the molecule is O=C(c1cc(Cl)ccc1OCc1ccccc1)N1CCN(c2ccccn2)CC1. The largest absolute Gasteiger partial charge is 0.488 e. The summed E-state index contributed by atoms with van der Waals surface area (Å²) in [5.41, 5.74) is 1.55. The fourth-order valence-electron chi connectivity index (χ4n) is 3.38. The number of piperazine rings is 1. The van der Waals surface area contributed by atoms with Crippen molar-refractivity contribution in [3.8, 4) is 5.75 Å². The molecular formula is C23H22ClN3O2. The summed E-state index contributed by atoms with van der Waals surface area (Å²) >= 11 is 6.18. The van der Waals surface area contributed by atoms with E-state index in [0.29, 0.717) is 36.0 Å². The van der Waals surface area contributed by atoms with Crippen molar-refractivity contribution in [1.82, 2.24) is 9.88 Å². The van der Waals surface area contributed by atoms with E-state index in [1.807, 2.05) is 53.4 Å². The minimum atomic E-state index is -0.0590. The third-order valence-electron chi connectivity index (χ3n) is 4.95. The molecule has 1 amide bonds. The van der Waals surface area contributed by atoms with E-state index >= 15 is 0 Å². The number of hydrogen-bond acceptors (Lipinski definition) is 4. The molecule has 0 aliphatic carbocycles. The summed E-state index contributed by atoms with van der Waals surface area (Å²) in [5, 5.41) is 0.521. The van der Waals surface area contributed by atoms with Gasteiger partial charge in [-0.15, -0.1) is 0 Å². The Balaban J connectivity index is 1.45. The predicted molar refractivity (Wildman–Crippen MR) is 115 cm³/mol. The van der Waals surface area contributed by atoms with Gasteiger partial charge in [-0.2, -0.15) is 0 Å². The van der Waals surface area contributed by atoms with Gasteiger partial charge in [0, 0.05) is 37.4 Å². The third kappa shape index (κ3) is 4.69. The summed E-state index contributed by atoms with van der Waals surface area (Å²) in [5.74, 6) is 1.43. The molecule has 1 aliphatic heterocycles. The Labute approximate surface area is 175 Å². The minimum Gasteiger partial charge on any atom is -0.488 e. The molecular weight excluding hydrogens is 386 g/mol. The average Bonchev–Trinajstić information content (AvgIpc) is 2.79. The molecule has 1 aliphatic rings. The lowest BCUT2D eigenvalue weighted by molar-refractivity contribution is 0.0741. The number of hydrogen-bond donors (Lipinski definition) is 0. The van der Waals surface area contributed by atoms with Crippen molar-refractivity contribution in [3.05, 3.63) is 89.1 Å². The molecule has 5 nitrogen and oxygen atoms in total. The standard InChI is InChI=1S/C23H22ClN3O2/c24-19-9-10-21(29-17-18-6-2-1-3-7-18)20(16-19)23(28)27-14-12-26(13-15-27)22-8-4-5-11-25-22/h1-11,16H,12-15,17H2. The average molecular weight is 408 g/mol. The zero-order valence-corrected chi connectivity index (χ0v) is 16.8. The Kier molecular flexibility index (Phi) is 5.96. The maximum Gasteiger partial charge on any atom is 0.257 e. The molecule has 0 radical (unpaired) electrons. The highest BCUT2D eigenvalue weighted by atomic mass is 35.5. The van der Waals surface area contributed by atoms with Crippen LogP contribution in [0.15, 0.2) is 72.9 Å². The van der Waals surface area contributed by atoms with Crippen molar-refractivity contribution in [2.45, 2.75) is 6.61 Å². The summed E-state index contributed by atoms with van der Waals surface area (Å²) < 4.78 is 5.95. The van der Waals surface area contributed by atoms with Crippen LogP contribution in [0.4, 0.5) is 5.82 Å². The highest BCUT2D eigenvalue weighted by molar-refractivity contribution is 6.31. The topological polar surface area (TPSA) is 45.7 Å². The second-order valence-electron chi connectivity index (χ2n) is 6.88. The molecule has 0 saturated carbocycles. The van der Waals surface area contributed by atoms with E-state index < -0.39 is 0 Å². The zero-order valence-electron chi connectivity index (χ0n) is 16.0. The van der Waals surface area contributed by atoms with E-state index in [1.165, 1.54) is 0 Å². The first-order chi connectivity index (χ1) is 14.2. The first-order valence-corrected chi connectivity index (χ1v) is 10.00. The Hall–Kier alpha value is -3.05. The number of halogens is 1. The second kappa shape index (κ2) is 8.97. The molecule has 148 valence electrons. The summed E-state index contributed by atoms with van der Waals surface area (Å²) in [4.78, 5) is 21.6. The van der Waals surface area contributed by atoms with Gasteiger partial charge in [0.15, 0.2) is 0 Å². The van der Waals surface area contributed by atoms with E-state index in [-0.39, 0.29) is 5.91 Å². The Morgan fingerprint density at radius 1 is 0.966 bits per heavy atom. The molecule has 1 aromatic heterocycles. The predicted octanol–water partition coefficient (Wildman–Crippen LogP) is 4.28. The molecule has 4 rings (SSSR count). The third-order valence-corrected chi connectivity index (χ3v) is 5.18. The molecule has 1 fully saturated rings. The summed E-state index contributed by atoms with van der Waals surface area (Å²) in [6.07, 6.45) is 1.79. The Bertz CT molecular complexity index is 958. The van der Waals surface area contributed by atoms with Crippen molar-refractivity contribution >= 4 is 23.3 Å². The lowest BCUT2D eigenvalue weighted by Gasteiger charge is -2.35. The van der Waals surface area contributed by atoms with E-state index in [0.717, 1.165) is 24.5 Å². The van der Waals surface area contributed by atoms with Crippen LogP contribution < -0.4 is 9.64 Å². The van der Waals surface area contributed by atoms with Gasteiger partial charge in [-0.1, -0.05) is 48.0 Å². The van der Waals surface area contributed by atoms with Crippen molar-refractivity contribution in [2.24, 2.45) is 0 Å². The van der Waals surface area contributed by atoms with Gasteiger partial charge in [-0.05, 0) is 35.9 Å². The Morgan fingerprint density at radius 3 is 2.45 bits per heavy atom. The number of rotatable bonds is 5. The molecule has 0 bridgehead atoms. The van der Waals surface area contributed by atoms with Crippen molar-refractivity contribution in [1.29, 1.82) is 0 Å². The molecule has 0 N–H and O–H groups in total. The van der Waals surface area contributed by atoms with Crippen LogP contribution in [0.1, 0.15) is 15.9 Å². The molecule has 0 atom stereocenters. The number of ether oxygens (including phenoxy) is 1. The lowest BCUT2D eigenvalue weighted by atomic mass is 10.1. The molecule has 1 saturated heterocycles. The molecule has 2 aromatic carbocycles. The van der Waals surface area contributed by atoms with Gasteiger partial charge in [0.05, 0.1) is 5.56 Å². The van der Waals surface area contributed by atoms with Crippen molar-refractivity contribution in [2.75, 3.05) is 31.1 Å². The van der Waals surface area contributed by atoms with Crippen LogP contribution in [0.5, 0.6) is 5.75 Å². The first kappa shape index (κ1) is 19.3.